The van der Waals surface area contributed by atoms with Gasteiger partial charge in [-0.25, -0.2) is 0 Å². The summed E-state index contributed by atoms with van der Waals surface area (Å²) in [5.74, 6) is -0.397. The summed E-state index contributed by atoms with van der Waals surface area (Å²) in [6.45, 7) is 0.0419. The highest BCUT2D eigenvalue weighted by atomic mass is 16.5. The SMILES string of the molecule is COC(=O)CN(C(=O)Cc1cccnc1)C1CCCC1. The van der Waals surface area contributed by atoms with Gasteiger partial charge in [0, 0.05) is 18.4 Å². The summed E-state index contributed by atoms with van der Waals surface area (Å²) in [5, 5.41) is 0. The van der Waals surface area contributed by atoms with E-state index in [9.17, 15) is 9.59 Å². The van der Waals surface area contributed by atoms with Crippen LogP contribution in [-0.4, -0.2) is 41.5 Å². The largest absolute Gasteiger partial charge is 0.468 e. The van der Waals surface area contributed by atoms with Crippen molar-refractivity contribution in [1.29, 1.82) is 0 Å². The van der Waals surface area contributed by atoms with Gasteiger partial charge >= 0.3 is 5.97 Å². The van der Waals surface area contributed by atoms with Crippen molar-refractivity contribution in [2.45, 2.75) is 38.1 Å². The van der Waals surface area contributed by atoms with Crippen molar-refractivity contribution in [1.82, 2.24) is 9.88 Å². The zero-order valence-corrected chi connectivity index (χ0v) is 11.7. The minimum absolute atomic E-state index is 0.0321. The van der Waals surface area contributed by atoms with Crippen LogP contribution < -0.4 is 0 Å². The third-order valence-electron chi connectivity index (χ3n) is 3.69. The van der Waals surface area contributed by atoms with Gasteiger partial charge in [0.05, 0.1) is 13.5 Å². The molecule has 1 saturated carbocycles. The van der Waals surface area contributed by atoms with Gasteiger partial charge < -0.3 is 9.64 Å². The quantitative estimate of drug-likeness (QED) is 0.766. The first kappa shape index (κ1) is 14.5. The Morgan fingerprint density at radius 2 is 2.15 bits per heavy atom. The number of nitrogens with zero attached hydrogens (tertiary/aromatic N) is 2. The van der Waals surface area contributed by atoms with Gasteiger partial charge in [-0.3, -0.25) is 14.6 Å². The lowest BCUT2D eigenvalue weighted by Gasteiger charge is -2.28. The maximum atomic E-state index is 12.4. The maximum absolute atomic E-state index is 12.4. The zero-order valence-electron chi connectivity index (χ0n) is 11.7. The predicted molar refractivity (Wildman–Crippen MR) is 73.9 cm³/mol. The van der Waals surface area contributed by atoms with Crippen LogP contribution in [0.3, 0.4) is 0 Å². The molecule has 108 valence electrons. The Labute approximate surface area is 118 Å². The van der Waals surface area contributed by atoms with Gasteiger partial charge in [0.2, 0.25) is 5.91 Å². The third-order valence-corrected chi connectivity index (χ3v) is 3.69. The molecule has 0 radical (unpaired) electrons. The van der Waals surface area contributed by atoms with Crippen molar-refractivity contribution < 1.29 is 14.3 Å². The molecule has 0 atom stereocenters. The molecule has 1 aliphatic carbocycles. The van der Waals surface area contributed by atoms with Gasteiger partial charge in [-0.15, -0.1) is 0 Å². The van der Waals surface area contributed by atoms with Crippen LogP contribution in [0.1, 0.15) is 31.2 Å². The van der Waals surface area contributed by atoms with E-state index < -0.39 is 0 Å². The average Bonchev–Trinajstić information content (AvgIpc) is 2.99. The monoisotopic (exact) mass is 276 g/mol. The van der Waals surface area contributed by atoms with Crippen molar-refractivity contribution in [2.75, 3.05) is 13.7 Å². The number of carbonyl (C=O) groups is 2. The minimum atomic E-state index is -0.364. The van der Waals surface area contributed by atoms with E-state index >= 15 is 0 Å². The molecular weight excluding hydrogens is 256 g/mol. The van der Waals surface area contributed by atoms with Crippen molar-refractivity contribution in [3.63, 3.8) is 0 Å². The number of aromatic nitrogens is 1. The number of rotatable bonds is 5. The molecule has 0 unspecified atom stereocenters. The maximum Gasteiger partial charge on any atom is 0.325 e. The van der Waals surface area contributed by atoms with Crippen LogP contribution in [0.2, 0.25) is 0 Å². The molecule has 0 aliphatic heterocycles. The zero-order chi connectivity index (χ0) is 14.4. The van der Waals surface area contributed by atoms with Crippen LogP contribution in [0.5, 0.6) is 0 Å². The third kappa shape index (κ3) is 3.79. The summed E-state index contributed by atoms with van der Waals surface area (Å²) in [7, 11) is 1.35. The second kappa shape index (κ2) is 7.03. The predicted octanol–water partition coefficient (Wildman–Crippen LogP) is 1.57. The number of ether oxygens (including phenoxy) is 1. The Morgan fingerprint density at radius 3 is 2.75 bits per heavy atom. The standard InChI is InChI=1S/C15H20N2O3/c1-20-15(19)11-17(13-6-2-3-7-13)14(18)9-12-5-4-8-16-10-12/h4-5,8,10,13H,2-3,6-7,9,11H2,1H3. The summed E-state index contributed by atoms with van der Waals surface area (Å²) in [4.78, 5) is 29.6. The van der Waals surface area contributed by atoms with Gasteiger partial charge in [0.25, 0.3) is 0 Å². The molecule has 1 heterocycles. The molecule has 0 saturated heterocycles. The number of amides is 1. The van der Waals surface area contributed by atoms with E-state index in [2.05, 4.69) is 4.98 Å². The molecule has 2 rings (SSSR count). The average molecular weight is 276 g/mol. The van der Waals surface area contributed by atoms with Gasteiger partial charge in [-0.1, -0.05) is 18.9 Å². The van der Waals surface area contributed by atoms with E-state index in [1.165, 1.54) is 7.11 Å². The summed E-state index contributed by atoms with van der Waals surface area (Å²) in [5.41, 5.74) is 0.866. The molecule has 0 N–H and O–H groups in total. The number of hydrogen-bond acceptors (Lipinski definition) is 4. The molecular formula is C15H20N2O3. The lowest BCUT2D eigenvalue weighted by Crippen LogP contribution is -2.43. The lowest BCUT2D eigenvalue weighted by molar-refractivity contribution is -0.148. The van der Waals surface area contributed by atoms with Gasteiger partial charge in [-0.05, 0) is 24.5 Å². The molecule has 1 amide bonds. The summed E-state index contributed by atoms with van der Waals surface area (Å²) in [6.07, 6.45) is 7.80. The van der Waals surface area contributed by atoms with E-state index in [0.29, 0.717) is 0 Å². The van der Waals surface area contributed by atoms with Crippen molar-refractivity contribution in [3.8, 4) is 0 Å². The van der Waals surface area contributed by atoms with Crippen molar-refractivity contribution >= 4 is 11.9 Å². The number of carbonyl (C=O) groups excluding carboxylic acids is 2. The van der Waals surface area contributed by atoms with E-state index in [4.69, 9.17) is 4.74 Å². The fraction of sp³-hybridized carbons (Fsp3) is 0.533. The fourth-order valence-electron chi connectivity index (χ4n) is 2.62. The van der Waals surface area contributed by atoms with Crippen LogP contribution in [0.15, 0.2) is 24.5 Å². The molecule has 5 heteroatoms. The Balaban J connectivity index is 2.04. The van der Waals surface area contributed by atoms with Crippen LogP contribution in [-0.2, 0) is 20.7 Å². The van der Waals surface area contributed by atoms with E-state index in [1.54, 1.807) is 17.3 Å². The van der Waals surface area contributed by atoms with Gasteiger partial charge in [-0.2, -0.15) is 0 Å². The molecule has 1 aliphatic rings. The molecule has 1 aromatic heterocycles. The second-order valence-electron chi connectivity index (χ2n) is 5.07. The lowest BCUT2D eigenvalue weighted by atomic mass is 10.1. The first-order valence-corrected chi connectivity index (χ1v) is 6.96. The smallest absolute Gasteiger partial charge is 0.325 e. The molecule has 5 nitrogen and oxygen atoms in total. The Bertz CT molecular complexity index is 455. The van der Waals surface area contributed by atoms with E-state index in [-0.39, 0.29) is 30.9 Å². The highest BCUT2D eigenvalue weighted by molar-refractivity contribution is 5.83. The molecule has 20 heavy (non-hydrogen) atoms. The molecule has 1 aromatic rings. The normalized spacial score (nSPS) is 15.1. The Kier molecular flexibility index (Phi) is 5.09. The molecule has 0 bridgehead atoms. The number of pyridine rings is 1. The van der Waals surface area contributed by atoms with Crippen LogP contribution in [0, 0.1) is 0 Å². The van der Waals surface area contributed by atoms with Crippen LogP contribution in [0.25, 0.3) is 0 Å². The van der Waals surface area contributed by atoms with Gasteiger partial charge in [0.15, 0.2) is 0 Å². The van der Waals surface area contributed by atoms with Crippen LogP contribution in [0.4, 0.5) is 0 Å². The highest BCUT2D eigenvalue weighted by Gasteiger charge is 2.28. The van der Waals surface area contributed by atoms with Gasteiger partial charge in [0.1, 0.15) is 6.54 Å². The van der Waals surface area contributed by atoms with Crippen molar-refractivity contribution in [3.05, 3.63) is 30.1 Å². The summed E-state index contributed by atoms with van der Waals surface area (Å²) in [6, 6.07) is 3.84. The minimum Gasteiger partial charge on any atom is -0.468 e. The Hall–Kier alpha value is -1.91. The van der Waals surface area contributed by atoms with E-state index in [0.717, 1.165) is 31.2 Å². The topological polar surface area (TPSA) is 59.5 Å². The first-order valence-electron chi connectivity index (χ1n) is 6.96. The second-order valence-corrected chi connectivity index (χ2v) is 5.07. The summed E-state index contributed by atoms with van der Waals surface area (Å²) < 4.78 is 4.70. The molecule has 1 fully saturated rings. The highest BCUT2D eigenvalue weighted by Crippen LogP contribution is 2.24. The van der Waals surface area contributed by atoms with E-state index in [1.807, 2.05) is 12.1 Å². The fourth-order valence-corrected chi connectivity index (χ4v) is 2.62. The van der Waals surface area contributed by atoms with Crippen LogP contribution >= 0.6 is 0 Å². The first-order chi connectivity index (χ1) is 9.70. The number of esters is 1. The van der Waals surface area contributed by atoms with Crippen molar-refractivity contribution in [2.24, 2.45) is 0 Å². The number of methoxy groups -OCH3 is 1. The number of hydrogen-bond donors (Lipinski definition) is 0. The Morgan fingerprint density at radius 1 is 1.40 bits per heavy atom. The summed E-state index contributed by atoms with van der Waals surface area (Å²) >= 11 is 0. The molecule has 0 spiro atoms. The molecule has 0 aromatic carbocycles.